The number of carbonyl (C=O) groups excluding carboxylic acids is 1. The first-order chi connectivity index (χ1) is 11.7. The molecule has 6 heteroatoms. The smallest absolute Gasteiger partial charge is 0.248 e. The third kappa shape index (κ3) is 5.09. The number of benzene rings is 1. The first kappa shape index (κ1) is 18.5. The maximum atomic E-state index is 12.2. The fourth-order valence-corrected chi connectivity index (χ4v) is 2.66. The van der Waals surface area contributed by atoms with Gasteiger partial charge in [-0.2, -0.15) is 0 Å². The molecule has 0 bridgehead atoms. The molecule has 1 aromatic carbocycles. The average Bonchev–Trinajstić information content (AvgIpc) is 3.00. The summed E-state index contributed by atoms with van der Waals surface area (Å²) in [4.78, 5) is 14.0. The molecule has 130 valence electrons. The Kier molecular flexibility index (Phi) is 7.31. The van der Waals surface area contributed by atoms with Crippen LogP contribution in [0.25, 0.3) is 0 Å². The van der Waals surface area contributed by atoms with Crippen molar-refractivity contribution < 1.29 is 14.3 Å². The van der Waals surface area contributed by atoms with Crippen molar-refractivity contribution in [3.8, 4) is 0 Å². The molecule has 0 saturated heterocycles. The minimum atomic E-state index is -0.0555. The standard InChI is InChI=1S/C18H23ClN2O3/c1-23-11-10-21(18(22)14-24-2)13-16-7-5-9-20(16)12-15-6-3-4-8-17(15)19/h3-9H,10-14H2,1-2H3. The van der Waals surface area contributed by atoms with E-state index in [2.05, 4.69) is 4.57 Å². The van der Waals surface area contributed by atoms with Crippen LogP contribution in [0.2, 0.25) is 5.02 Å². The summed E-state index contributed by atoms with van der Waals surface area (Å²) in [5, 5.41) is 0.740. The van der Waals surface area contributed by atoms with Crippen LogP contribution in [0.3, 0.4) is 0 Å². The molecule has 0 saturated carbocycles. The zero-order valence-corrected chi connectivity index (χ0v) is 14.8. The number of rotatable bonds is 9. The molecule has 0 atom stereocenters. The average molecular weight is 351 g/mol. The van der Waals surface area contributed by atoms with Crippen LogP contribution in [-0.2, 0) is 27.4 Å². The lowest BCUT2D eigenvalue weighted by Crippen LogP contribution is -2.36. The fraction of sp³-hybridized carbons (Fsp3) is 0.389. The van der Waals surface area contributed by atoms with Crippen LogP contribution in [0.5, 0.6) is 0 Å². The molecule has 0 aliphatic rings. The van der Waals surface area contributed by atoms with Gasteiger partial charge in [-0.15, -0.1) is 0 Å². The summed E-state index contributed by atoms with van der Waals surface area (Å²) in [7, 11) is 3.14. The van der Waals surface area contributed by atoms with Crippen molar-refractivity contribution in [3.05, 3.63) is 58.9 Å². The highest BCUT2D eigenvalue weighted by molar-refractivity contribution is 6.31. The van der Waals surface area contributed by atoms with E-state index in [0.29, 0.717) is 26.2 Å². The molecule has 0 fully saturated rings. The molecule has 24 heavy (non-hydrogen) atoms. The number of nitrogens with zero attached hydrogens (tertiary/aromatic N) is 2. The van der Waals surface area contributed by atoms with Gasteiger partial charge in [0.25, 0.3) is 0 Å². The van der Waals surface area contributed by atoms with E-state index < -0.39 is 0 Å². The summed E-state index contributed by atoms with van der Waals surface area (Å²) < 4.78 is 12.2. The Morgan fingerprint density at radius 3 is 2.67 bits per heavy atom. The molecule has 0 radical (unpaired) electrons. The van der Waals surface area contributed by atoms with E-state index in [-0.39, 0.29) is 12.5 Å². The quantitative estimate of drug-likeness (QED) is 0.698. The largest absolute Gasteiger partial charge is 0.383 e. The van der Waals surface area contributed by atoms with Crippen LogP contribution in [-0.4, -0.2) is 49.4 Å². The molecule has 0 aliphatic heterocycles. The van der Waals surface area contributed by atoms with E-state index in [9.17, 15) is 4.79 Å². The maximum Gasteiger partial charge on any atom is 0.248 e. The Morgan fingerprint density at radius 2 is 1.96 bits per heavy atom. The van der Waals surface area contributed by atoms with Gasteiger partial charge >= 0.3 is 0 Å². The lowest BCUT2D eigenvalue weighted by molar-refractivity contribution is -0.136. The van der Waals surface area contributed by atoms with E-state index in [1.807, 2.05) is 42.6 Å². The predicted octanol–water partition coefficient (Wildman–Crippen LogP) is 2.81. The number of hydrogen-bond donors (Lipinski definition) is 0. The Balaban J connectivity index is 2.12. The first-order valence-corrected chi connectivity index (χ1v) is 8.16. The highest BCUT2D eigenvalue weighted by Gasteiger charge is 2.15. The van der Waals surface area contributed by atoms with Crippen molar-refractivity contribution in [2.24, 2.45) is 0 Å². The molecule has 1 aromatic heterocycles. The normalized spacial score (nSPS) is 10.8. The first-order valence-electron chi connectivity index (χ1n) is 7.78. The van der Waals surface area contributed by atoms with E-state index in [4.69, 9.17) is 21.1 Å². The van der Waals surface area contributed by atoms with Crippen LogP contribution in [0.1, 0.15) is 11.3 Å². The van der Waals surface area contributed by atoms with E-state index in [1.54, 1.807) is 12.0 Å². The molecule has 2 rings (SSSR count). The number of ether oxygens (including phenoxy) is 2. The zero-order chi connectivity index (χ0) is 17.4. The number of carbonyl (C=O) groups is 1. The van der Waals surface area contributed by atoms with Crippen molar-refractivity contribution in [3.63, 3.8) is 0 Å². The van der Waals surface area contributed by atoms with Gasteiger partial charge in [-0.1, -0.05) is 29.8 Å². The van der Waals surface area contributed by atoms with Gasteiger partial charge in [0.1, 0.15) is 6.61 Å². The molecular formula is C18H23ClN2O3. The molecule has 0 unspecified atom stereocenters. The van der Waals surface area contributed by atoms with Crippen molar-refractivity contribution in [1.82, 2.24) is 9.47 Å². The lowest BCUT2D eigenvalue weighted by atomic mass is 10.2. The van der Waals surface area contributed by atoms with E-state index >= 15 is 0 Å². The number of hydrogen-bond acceptors (Lipinski definition) is 3. The van der Waals surface area contributed by atoms with E-state index in [1.165, 1.54) is 7.11 Å². The van der Waals surface area contributed by atoms with Gasteiger partial charge in [0.15, 0.2) is 0 Å². The van der Waals surface area contributed by atoms with Crippen molar-refractivity contribution >= 4 is 17.5 Å². The third-order valence-corrected chi connectivity index (χ3v) is 4.13. The van der Waals surface area contributed by atoms with Gasteiger partial charge in [-0.25, -0.2) is 0 Å². The Hall–Kier alpha value is -1.82. The van der Waals surface area contributed by atoms with Crippen LogP contribution < -0.4 is 0 Å². The van der Waals surface area contributed by atoms with Crippen LogP contribution >= 0.6 is 11.6 Å². The van der Waals surface area contributed by atoms with E-state index in [0.717, 1.165) is 16.3 Å². The van der Waals surface area contributed by atoms with Crippen LogP contribution in [0.15, 0.2) is 42.6 Å². The highest BCUT2D eigenvalue weighted by Crippen LogP contribution is 2.18. The van der Waals surface area contributed by atoms with Gasteiger partial charge in [0.05, 0.1) is 13.2 Å². The number of amides is 1. The van der Waals surface area contributed by atoms with Gasteiger partial charge in [0, 0.05) is 44.2 Å². The summed E-state index contributed by atoms with van der Waals surface area (Å²) in [5.74, 6) is -0.0555. The number of halogens is 1. The summed E-state index contributed by atoms with van der Waals surface area (Å²) in [6.07, 6.45) is 1.99. The number of methoxy groups -OCH3 is 2. The van der Waals surface area contributed by atoms with Crippen LogP contribution in [0.4, 0.5) is 0 Å². The minimum absolute atomic E-state index is 0.0555. The molecule has 0 aliphatic carbocycles. The monoisotopic (exact) mass is 350 g/mol. The maximum absolute atomic E-state index is 12.2. The second-order valence-corrected chi connectivity index (χ2v) is 5.87. The van der Waals surface area contributed by atoms with Crippen molar-refractivity contribution in [2.75, 3.05) is 34.0 Å². The summed E-state index contributed by atoms with van der Waals surface area (Å²) in [6.45, 7) is 2.24. The second-order valence-electron chi connectivity index (χ2n) is 5.46. The van der Waals surface area contributed by atoms with Gasteiger partial charge in [-0.05, 0) is 23.8 Å². The van der Waals surface area contributed by atoms with Crippen molar-refractivity contribution in [2.45, 2.75) is 13.1 Å². The minimum Gasteiger partial charge on any atom is -0.383 e. The van der Waals surface area contributed by atoms with Gasteiger partial charge in [0.2, 0.25) is 5.91 Å². The highest BCUT2D eigenvalue weighted by atomic mass is 35.5. The molecule has 1 heterocycles. The third-order valence-electron chi connectivity index (χ3n) is 3.76. The summed E-state index contributed by atoms with van der Waals surface area (Å²) in [5.41, 5.74) is 2.08. The van der Waals surface area contributed by atoms with Crippen molar-refractivity contribution in [1.29, 1.82) is 0 Å². The molecule has 1 amide bonds. The molecule has 0 N–H and O–H groups in total. The molecule has 5 nitrogen and oxygen atoms in total. The Bertz CT molecular complexity index is 657. The number of aromatic nitrogens is 1. The second kappa shape index (κ2) is 9.47. The zero-order valence-electron chi connectivity index (χ0n) is 14.1. The molecule has 0 spiro atoms. The summed E-state index contributed by atoms with van der Waals surface area (Å²) >= 11 is 6.25. The Morgan fingerprint density at radius 1 is 1.17 bits per heavy atom. The molecular weight excluding hydrogens is 328 g/mol. The van der Waals surface area contributed by atoms with Gasteiger partial charge in [-0.3, -0.25) is 4.79 Å². The molecule has 2 aromatic rings. The Labute approximate surface area is 147 Å². The lowest BCUT2D eigenvalue weighted by Gasteiger charge is -2.23. The predicted molar refractivity (Wildman–Crippen MR) is 94.2 cm³/mol. The SMILES string of the molecule is COCCN(Cc1cccn1Cc1ccccc1Cl)C(=O)COC. The van der Waals surface area contributed by atoms with Crippen LogP contribution in [0, 0.1) is 0 Å². The fourth-order valence-electron chi connectivity index (χ4n) is 2.46. The van der Waals surface area contributed by atoms with Gasteiger partial charge < -0.3 is 18.9 Å². The summed E-state index contributed by atoms with van der Waals surface area (Å²) in [6, 6.07) is 11.8. The topological polar surface area (TPSA) is 43.7 Å².